The molecule has 9 aromatic carbocycles. The van der Waals surface area contributed by atoms with Crippen LogP contribution in [0.1, 0.15) is 0 Å². The van der Waals surface area contributed by atoms with Crippen LogP contribution >= 0.6 is 11.3 Å². The van der Waals surface area contributed by atoms with Crippen molar-refractivity contribution >= 4 is 53.1 Å². The number of hydrogen-bond donors (Lipinski definition) is 0. The molecule has 266 valence electrons. The second-order valence-electron chi connectivity index (χ2n) is 14.5. The summed E-state index contributed by atoms with van der Waals surface area (Å²) in [5, 5.41) is 7.45. The molecule has 0 spiro atoms. The standard InChI is InChI=1S/C54H34N2S/c1-2-16-37(17-3-1)54-55-50(34-51(56-54)47-22-9-8-21-46(47)45-25-12-19-36-15-6-7-20-43(36)45)42-32-40(39-29-28-35-14-4-5-18-38(35)30-39)31-41(33-42)44-24-13-26-49-48-23-10-11-27-52(48)57-53(44)49/h1-34H. The smallest absolute Gasteiger partial charge is 0.160 e. The van der Waals surface area contributed by atoms with Gasteiger partial charge in [0.05, 0.1) is 11.4 Å². The molecule has 0 saturated heterocycles. The van der Waals surface area contributed by atoms with Crippen LogP contribution in [0.25, 0.3) is 109 Å². The highest BCUT2D eigenvalue weighted by Crippen LogP contribution is 2.43. The third kappa shape index (κ3) is 5.97. The monoisotopic (exact) mass is 742 g/mol. The Morgan fingerprint density at radius 3 is 1.81 bits per heavy atom. The van der Waals surface area contributed by atoms with E-state index in [1.165, 1.54) is 58.4 Å². The van der Waals surface area contributed by atoms with E-state index in [0.29, 0.717) is 5.82 Å². The summed E-state index contributed by atoms with van der Waals surface area (Å²) in [6.45, 7) is 0. The Morgan fingerprint density at radius 2 is 0.912 bits per heavy atom. The SMILES string of the molecule is c1ccc(-c2nc(-c3cc(-c4ccc5ccccc5c4)cc(-c4cccc5c4sc4ccccc45)c3)cc(-c3ccccc3-c3cccc4ccccc34)n2)cc1. The zero-order chi connectivity index (χ0) is 37.7. The predicted molar refractivity (Wildman–Crippen MR) is 243 cm³/mol. The topological polar surface area (TPSA) is 25.8 Å². The molecule has 0 saturated carbocycles. The highest BCUT2D eigenvalue weighted by Gasteiger charge is 2.18. The van der Waals surface area contributed by atoms with Gasteiger partial charge in [-0.2, -0.15) is 0 Å². The average molecular weight is 743 g/mol. The molecule has 0 aliphatic rings. The minimum absolute atomic E-state index is 0.695. The van der Waals surface area contributed by atoms with Gasteiger partial charge in [0.25, 0.3) is 0 Å². The molecule has 57 heavy (non-hydrogen) atoms. The van der Waals surface area contributed by atoms with Gasteiger partial charge in [-0.25, -0.2) is 9.97 Å². The summed E-state index contributed by atoms with van der Waals surface area (Å²) in [7, 11) is 0. The van der Waals surface area contributed by atoms with Crippen LogP contribution < -0.4 is 0 Å². The van der Waals surface area contributed by atoms with E-state index in [4.69, 9.17) is 9.97 Å². The van der Waals surface area contributed by atoms with E-state index in [1.807, 2.05) is 17.4 Å². The largest absolute Gasteiger partial charge is 0.228 e. The molecule has 0 radical (unpaired) electrons. The van der Waals surface area contributed by atoms with Crippen LogP contribution in [0.4, 0.5) is 0 Å². The lowest BCUT2D eigenvalue weighted by atomic mass is 9.91. The van der Waals surface area contributed by atoms with Crippen LogP contribution in [0.3, 0.4) is 0 Å². The first-order valence-electron chi connectivity index (χ1n) is 19.3. The lowest BCUT2D eigenvalue weighted by Gasteiger charge is -2.16. The molecule has 0 atom stereocenters. The first kappa shape index (κ1) is 33.2. The normalized spacial score (nSPS) is 11.5. The first-order valence-corrected chi connectivity index (χ1v) is 20.1. The number of rotatable bonds is 6. The molecule has 3 heteroatoms. The van der Waals surface area contributed by atoms with Crippen molar-refractivity contribution in [2.24, 2.45) is 0 Å². The van der Waals surface area contributed by atoms with Crippen LogP contribution in [-0.4, -0.2) is 9.97 Å². The summed E-state index contributed by atoms with van der Waals surface area (Å²) in [6.07, 6.45) is 0. The maximum absolute atomic E-state index is 5.36. The molecule has 11 aromatic rings. The van der Waals surface area contributed by atoms with Crippen molar-refractivity contribution in [3.8, 4) is 67.3 Å². The molecule has 0 amide bonds. The summed E-state index contributed by atoms with van der Waals surface area (Å²) in [4.78, 5) is 10.7. The van der Waals surface area contributed by atoms with Crippen LogP contribution in [-0.2, 0) is 0 Å². The van der Waals surface area contributed by atoms with Crippen molar-refractivity contribution in [1.29, 1.82) is 0 Å². The van der Waals surface area contributed by atoms with Gasteiger partial charge in [-0.05, 0) is 91.3 Å². The van der Waals surface area contributed by atoms with Gasteiger partial charge in [-0.1, -0.05) is 170 Å². The van der Waals surface area contributed by atoms with Crippen molar-refractivity contribution in [2.45, 2.75) is 0 Å². The van der Waals surface area contributed by atoms with Crippen LogP contribution in [0.15, 0.2) is 206 Å². The molecule has 2 nitrogen and oxygen atoms in total. The molecule has 2 heterocycles. The number of aromatic nitrogens is 2. The predicted octanol–water partition coefficient (Wildman–Crippen LogP) is 15.2. The van der Waals surface area contributed by atoms with Crippen molar-refractivity contribution < 1.29 is 0 Å². The molecule has 0 aliphatic carbocycles. The first-order chi connectivity index (χ1) is 28.2. The van der Waals surface area contributed by atoms with Gasteiger partial charge >= 0.3 is 0 Å². The molecule has 0 bridgehead atoms. The minimum Gasteiger partial charge on any atom is -0.228 e. The van der Waals surface area contributed by atoms with E-state index < -0.39 is 0 Å². The highest BCUT2D eigenvalue weighted by molar-refractivity contribution is 7.26. The van der Waals surface area contributed by atoms with Crippen molar-refractivity contribution in [2.75, 3.05) is 0 Å². The maximum atomic E-state index is 5.36. The van der Waals surface area contributed by atoms with Gasteiger partial charge in [-0.3, -0.25) is 0 Å². The summed E-state index contributed by atoms with van der Waals surface area (Å²) >= 11 is 1.86. The van der Waals surface area contributed by atoms with E-state index in [9.17, 15) is 0 Å². The number of benzene rings is 9. The van der Waals surface area contributed by atoms with Crippen molar-refractivity contribution in [3.63, 3.8) is 0 Å². The molecular formula is C54H34N2S. The number of hydrogen-bond acceptors (Lipinski definition) is 3. The summed E-state index contributed by atoms with van der Waals surface area (Å²) in [5.74, 6) is 0.695. The molecule has 2 aromatic heterocycles. The van der Waals surface area contributed by atoms with Gasteiger partial charge in [0, 0.05) is 36.9 Å². The second kappa shape index (κ2) is 13.8. The Balaban J connectivity index is 1.17. The van der Waals surface area contributed by atoms with Crippen LogP contribution in [0.5, 0.6) is 0 Å². The molecule has 0 fully saturated rings. The fraction of sp³-hybridized carbons (Fsp3) is 0. The van der Waals surface area contributed by atoms with E-state index >= 15 is 0 Å². The Hall–Kier alpha value is -7.20. The summed E-state index contributed by atoms with van der Waals surface area (Å²) < 4.78 is 2.58. The zero-order valence-corrected chi connectivity index (χ0v) is 31.7. The third-order valence-corrected chi connectivity index (χ3v) is 12.3. The van der Waals surface area contributed by atoms with Gasteiger partial charge in [-0.15, -0.1) is 11.3 Å². The highest BCUT2D eigenvalue weighted by atomic mass is 32.1. The molecule has 0 unspecified atom stereocenters. The maximum Gasteiger partial charge on any atom is 0.160 e. The zero-order valence-electron chi connectivity index (χ0n) is 30.9. The lowest BCUT2D eigenvalue weighted by molar-refractivity contribution is 1.18. The Bertz CT molecular complexity index is 3300. The van der Waals surface area contributed by atoms with E-state index in [2.05, 4.69) is 200 Å². The second-order valence-corrected chi connectivity index (χ2v) is 15.6. The van der Waals surface area contributed by atoms with Crippen molar-refractivity contribution in [1.82, 2.24) is 9.97 Å². The van der Waals surface area contributed by atoms with Gasteiger partial charge in [0.1, 0.15) is 0 Å². The van der Waals surface area contributed by atoms with Gasteiger partial charge in [0.15, 0.2) is 5.82 Å². The third-order valence-electron chi connectivity index (χ3n) is 11.1. The van der Waals surface area contributed by atoms with E-state index in [1.54, 1.807) is 0 Å². The summed E-state index contributed by atoms with van der Waals surface area (Å²) in [6, 6.07) is 74.1. The molecular weight excluding hydrogens is 709 g/mol. The minimum atomic E-state index is 0.695. The fourth-order valence-electron chi connectivity index (χ4n) is 8.29. The van der Waals surface area contributed by atoms with Gasteiger partial charge < -0.3 is 0 Å². The Labute approximate surface area is 335 Å². The van der Waals surface area contributed by atoms with E-state index in [-0.39, 0.29) is 0 Å². The number of fused-ring (bicyclic) bond motifs is 5. The number of thiophene rings is 1. The molecule has 0 aliphatic heterocycles. The summed E-state index contributed by atoms with van der Waals surface area (Å²) in [5.41, 5.74) is 11.8. The fourth-order valence-corrected chi connectivity index (χ4v) is 9.53. The lowest BCUT2D eigenvalue weighted by Crippen LogP contribution is -1.98. The molecule has 0 N–H and O–H groups in total. The Kier molecular flexibility index (Phi) is 8.04. The Morgan fingerprint density at radius 1 is 0.298 bits per heavy atom. The van der Waals surface area contributed by atoms with Crippen molar-refractivity contribution in [3.05, 3.63) is 206 Å². The van der Waals surface area contributed by atoms with E-state index in [0.717, 1.165) is 44.8 Å². The average Bonchev–Trinajstić information content (AvgIpc) is 3.68. The molecule has 11 rings (SSSR count). The van der Waals surface area contributed by atoms with Crippen LogP contribution in [0, 0.1) is 0 Å². The number of nitrogens with zero attached hydrogens (tertiary/aromatic N) is 2. The quantitative estimate of drug-likeness (QED) is 0.170. The van der Waals surface area contributed by atoms with Crippen LogP contribution in [0.2, 0.25) is 0 Å². The van der Waals surface area contributed by atoms with Gasteiger partial charge in [0.2, 0.25) is 0 Å².